The number of benzene rings is 2. The summed E-state index contributed by atoms with van der Waals surface area (Å²) in [6, 6.07) is 14.9. The summed E-state index contributed by atoms with van der Waals surface area (Å²) in [4.78, 5) is 14.1. The van der Waals surface area contributed by atoms with E-state index in [0.717, 1.165) is 11.3 Å². The molecule has 0 aliphatic rings. The molecule has 0 bridgehead atoms. The van der Waals surface area contributed by atoms with Gasteiger partial charge in [-0.3, -0.25) is 4.79 Å². The lowest BCUT2D eigenvalue weighted by Gasteiger charge is -2.17. The number of rotatable bonds is 2. The molecule has 0 aliphatic carbocycles. The van der Waals surface area contributed by atoms with Gasteiger partial charge in [-0.05, 0) is 37.3 Å². The number of hydrogen-bond acceptors (Lipinski definition) is 2. The molecule has 106 valence electrons. The van der Waals surface area contributed by atoms with E-state index in [1.54, 1.807) is 30.1 Å². The summed E-state index contributed by atoms with van der Waals surface area (Å²) in [5.74, 6) is 5.29. The molecule has 3 nitrogen and oxygen atoms in total. The third-order valence-corrected chi connectivity index (χ3v) is 3.15. The van der Waals surface area contributed by atoms with Crippen LogP contribution >= 0.6 is 0 Å². The summed E-state index contributed by atoms with van der Waals surface area (Å²) < 4.78 is 0. The van der Waals surface area contributed by atoms with Gasteiger partial charge in [0.15, 0.2) is 0 Å². The van der Waals surface area contributed by atoms with Gasteiger partial charge in [0, 0.05) is 23.9 Å². The Labute approximate surface area is 124 Å². The van der Waals surface area contributed by atoms with Gasteiger partial charge < -0.3 is 10.0 Å². The summed E-state index contributed by atoms with van der Waals surface area (Å²) >= 11 is 0. The average Bonchev–Trinajstić information content (AvgIpc) is 2.52. The Morgan fingerprint density at radius 3 is 2.57 bits per heavy atom. The number of amides is 1. The molecule has 0 fully saturated rings. The van der Waals surface area contributed by atoms with Crippen molar-refractivity contribution >= 4 is 11.6 Å². The van der Waals surface area contributed by atoms with Crippen molar-refractivity contribution in [2.45, 2.75) is 6.92 Å². The highest BCUT2D eigenvalue weighted by molar-refractivity contribution is 6.05. The van der Waals surface area contributed by atoms with Crippen molar-refractivity contribution in [2.75, 3.05) is 18.6 Å². The molecule has 0 aromatic heterocycles. The van der Waals surface area contributed by atoms with Crippen LogP contribution in [0.1, 0.15) is 21.5 Å². The van der Waals surface area contributed by atoms with Crippen LogP contribution in [0, 0.1) is 18.8 Å². The van der Waals surface area contributed by atoms with Crippen LogP contribution < -0.4 is 4.90 Å². The molecule has 0 saturated carbocycles. The van der Waals surface area contributed by atoms with E-state index in [0.29, 0.717) is 11.1 Å². The van der Waals surface area contributed by atoms with Crippen molar-refractivity contribution in [3.05, 3.63) is 65.2 Å². The maximum Gasteiger partial charge on any atom is 0.258 e. The van der Waals surface area contributed by atoms with Crippen molar-refractivity contribution in [2.24, 2.45) is 0 Å². The molecule has 0 aliphatic heterocycles. The van der Waals surface area contributed by atoms with E-state index in [-0.39, 0.29) is 12.5 Å². The van der Waals surface area contributed by atoms with Gasteiger partial charge in [0.1, 0.15) is 6.61 Å². The first-order chi connectivity index (χ1) is 10.1. The fraction of sp³-hybridized carbons (Fsp3) is 0.167. The smallest absolute Gasteiger partial charge is 0.258 e. The van der Waals surface area contributed by atoms with E-state index < -0.39 is 0 Å². The summed E-state index contributed by atoms with van der Waals surface area (Å²) in [5, 5.41) is 8.72. The first kappa shape index (κ1) is 14.8. The Bertz CT molecular complexity index is 693. The SMILES string of the molecule is Cc1ccc(N(C)C(=O)c2cccc(C#CCO)c2)cc1. The van der Waals surface area contributed by atoms with E-state index in [1.165, 1.54) is 0 Å². The van der Waals surface area contributed by atoms with Crippen LogP contribution in [0.15, 0.2) is 48.5 Å². The Morgan fingerprint density at radius 2 is 1.90 bits per heavy atom. The minimum atomic E-state index is -0.193. The number of aliphatic hydroxyl groups excluding tert-OH is 1. The molecule has 1 amide bonds. The van der Waals surface area contributed by atoms with E-state index >= 15 is 0 Å². The maximum absolute atomic E-state index is 12.5. The molecule has 0 saturated heterocycles. The van der Waals surface area contributed by atoms with Crippen LogP contribution in [0.2, 0.25) is 0 Å². The largest absolute Gasteiger partial charge is 0.384 e. The van der Waals surface area contributed by atoms with Crippen LogP contribution in [0.25, 0.3) is 0 Å². The molecule has 2 aromatic rings. The summed E-state index contributed by atoms with van der Waals surface area (Å²) in [7, 11) is 1.75. The zero-order valence-corrected chi connectivity index (χ0v) is 12.1. The predicted octanol–water partition coefficient (Wildman–Crippen LogP) is 2.62. The molecule has 0 atom stereocenters. The van der Waals surface area contributed by atoms with E-state index in [9.17, 15) is 4.79 Å². The lowest BCUT2D eigenvalue weighted by molar-refractivity contribution is 0.0993. The van der Waals surface area contributed by atoms with Gasteiger partial charge in [-0.1, -0.05) is 35.6 Å². The first-order valence-corrected chi connectivity index (χ1v) is 6.66. The monoisotopic (exact) mass is 279 g/mol. The van der Waals surface area contributed by atoms with Crippen molar-refractivity contribution in [1.29, 1.82) is 0 Å². The summed E-state index contributed by atoms with van der Waals surface area (Å²) in [6.45, 7) is 1.82. The number of aryl methyl sites for hydroxylation is 1. The third kappa shape index (κ3) is 3.71. The normalized spacial score (nSPS) is 9.67. The molecule has 3 heteroatoms. The second-order valence-corrected chi connectivity index (χ2v) is 4.74. The van der Waals surface area contributed by atoms with Gasteiger partial charge in [0.05, 0.1) is 0 Å². The maximum atomic E-state index is 12.5. The number of anilines is 1. The number of carbonyl (C=O) groups is 1. The van der Waals surface area contributed by atoms with Crippen LogP contribution in [0.5, 0.6) is 0 Å². The van der Waals surface area contributed by atoms with Gasteiger partial charge in [-0.15, -0.1) is 0 Å². The molecule has 21 heavy (non-hydrogen) atoms. The lowest BCUT2D eigenvalue weighted by Crippen LogP contribution is -2.26. The first-order valence-electron chi connectivity index (χ1n) is 6.66. The fourth-order valence-electron chi connectivity index (χ4n) is 1.95. The number of nitrogens with zero attached hydrogens (tertiary/aromatic N) is 1. The van der Waals surface area contributed by atoms with E-state index in [2.05, 4.69) is 11.8 Å². The molecule has 0 unspecified atom stereocenters. The van der Waals surface area contributed by atoms with Crippen LogP contribution in [0.3, 0.4) is 0 Å². The van der Waals surface area contributed by atoms with Gasteiger partial charge >= 0.3 is 0 Å². The summed E-state index contributed by atoms with van der Waals surface area (Å²) in [6.07, 6.45) is 0. The highest BCUT2D eigenvalue weighted by Crippen LogP contribution is 2.16. The topological polar surface area (TPSA) is 40.5 Å². The lowest BCUT2D eigenvalue weighted by atomic mass is 10.1. The quantitative estimate of drug-likeness (QED) is 0.858. The molecule has 0 heterocycles. The molecule has 2 aromatic carbocycles. The number of aliphatic hydroxyl groups is 1. The minimum absolute atomic E-state index is 0.0912. The zero-order chi connectivity index (χ0) is 15.2. The fourth-order valence-corrected chi connectivity index (χ4v) is 1.95. The second-order valence-electron chi connectivity index (χ2n) is 4.74. The van der Waals surface area contributed by atoms with E-state index in [1.807, 2.05) is 37.3 Å². The Morgan fingerprint density at radius 1 is 1.19 bits per heavy atom. The van der Waals surface area contributed by atoms with Gasteiger partial charge in [0.2, 0.25) is 0 Å². The van der Waals surface area contributed by atoms with Crippen molar-refractivity contribution in [3.8, 4) is 11.8 Å². The zero-order valence-electron chi connectivity index (χ0n) is 12.1. The summed E-state index contributed by atoms with van der Waals surface area (Å²) in [5.41, 5.74) is 3.29. The standard InChI is InChI=1S/C18H17NO2/c1-14-8-10-17(11-9-14)19(2)18(21)16-7-3-5-15(13-16)6-4-12-20/h3,5,7-11,13,20H,12H2,1-2H3. The van der Waals surface area contributed by atoms with Crippen LogP contribution in [-0.2, 0) is 0 Å². The Kier molecular flexibility index (Phi) is 4.76. The molecule has 1 N–H and O–H groups in total. The van der Waals surface area contributed by atoms with Crippen molar-refractivity contribution < 1.29 is 9.90 Å². The molecule has 0 spiro atoms. The molecular formula is C18H17NO2. The number of carbonyl (C=O) groups excluding carboxylic acids is 1. The third-order valence-electron chi connectivity index (χ3n) is 3.15. The highest BCUT2D eigenvalue weighted by atomic mass is 16.2. The highest BCUT2D eigenvalue weighted by Gasteiger charge is 2.13. The van der Waals surface area contributed by atoms with Gasteiger partial charge in [-0.25, -0.2) is 0 Å². The Balaban J connectivity index is 2.25. The van der Waals surface area contributed by atoms with Crippen LogP contribution in [0.4, 0.5) is 5.69 Å². The Hall–Kier alpha value is -2.57. The molecular weight excluding hydrogens is 262 g/mol. The molecule has 0 radical (unpaired) electrons. The van der Waals surface area contributed by atoms with Gasteiger partial charge in [-0.2, -0.15) is 0 Å². The van der Waals surface area contributed by atoms with Crippen LogP contribution in [-0.4, -0.2) is 24.7 Å². The second kappa shape index (κ2) is 6.74. The predicted molar refractivity (Wildman–Crippen MR) is 84.3 cm³/mol. The number of hydrogen-bond donors (Lipinski definition) is 1. The van der Waals surface area contributed by atoms with E-state index in [4.69, 9.17) is 5.11 Å². The van der Waals surface area contributed by atoms with Gasteiger partial charge in [0.25, 0.3) is 5.91 Å². The minimum Gasteiger partial charge on any atom is -0.384 e. The molecule has 2 rings (SSSR count). The van der Waals surface area contributed by atoms with Crippen molar-refractivity contribution in [1.82, 2.24) is 0 Å². The van der Waals surface area contributed by atoms with Crippen molar-refractivity contribution in [3.63, 3.8) is 0 Å². The average molecular weight is 279 g/mol.